The Balaban J connectivity index is 1.99. The second-order valence-corrected chi connectivity index (χ2v) is 9.53. The minimum absolute atomic E-state index is 0.134. The van der Waals surface area contributed by atoms with Crippen LogP contribution in [0.4, 0.5) is 11.4 Å². The molecule has 1 aliphatic heterocycles. The van der Waals surface area contributed by atoms with Gasteiger partial charge in [-0.25, -0.2) is 0 Å². The highest BCUT2D eigenvalue weighted by atomic mass is 79.9. The Morgan fingerprint density at radius 3 is 2.63 bits per heavy atom. The zero-order chi connectivity index (χ0) is 19.8. The first-order chi connectivity index (χ1) is 12.7. The second-order valence-electron chi connectivity index (χ2n) is 7.86. The van der Waals surface area contributed by atoms with E-state index in [1.54, 1.807) is 0 Å². The lowest BCUT2D eigenvalue weighted by Gasteiger charge is -2.47. The standard InChI is InChI=1S/C22H25BrCl2N2/c1-5-8-27-21-11-19(24)15(9-17(21)14(2)12-22(27,3)4)13-26-16-6-7-18(23)20(25)10-16/h6-7,9-11,13-14H,5,8,12H2,1-4H3. The maximum absolute atomic E-state index is 6.64. The number of nitrogens with zero attached hydrogens (tertiary/aromatic N) is 2. The molecule has 0 aliphatic carbocycles. The number of halogens is 3. The van der Waals surface area contributed by atoms with Crippen LogP contribution in [0.15, 0.2) is 39.8 Å². The Morgan fingerprint density at radius 1 is 1.22 bits per heavy atom. The highest BCUT2D eigenvalue weighted by Gasteiger charge is 2.36. The normalized spacial score (nSPS) is 18.8. The Kier molecular flexibility index (Phi) is 6.24. The van der Waals surface area contributed by atoms with Crippen LogP contribution in [0.5, 0.6) is 0 Å². The van der Waals surface area contributed by atoms with Gasteiger partial charge < -0.3 is 4.90 Å². The summed E-state index contributed by atoms with van der Waals surface area (Å²) in [5.41, 5.74) is 4.49. The van der Waals surface area contributed by atoms with E-state index in [1.165, 1.54) is 11.3 Å². The number of anilines is 1. The lowest BCUT2D eigenvalue weighted by Crippen LogP contribution is -2.48. The molecule has 27 heavy (non-hydrogen) atoms. The highest BCUT2D eigenvalue weighted by molar-refractivity contribution is 9.10. The minimum atomic E-state index is 0.134. The summed E-state index contributed by atoms with van der Waals surface area (Å²) in [5.74, 6) is 0.481. The monoisotopic (exact) mass is 466 g/mol. The van der Waals surface area contributed by atoms with Gasteiger partial charge in [-0.2, -0.15) is 0 Å². The van der Waals surface area contributed by atoms with E-state index in [1.807, 2.05) is 24.4 Å². The number of hydrogen-bond acceptors (Lipinski definition) is 2. The Bertz CT molecular complexity index is 877. The van der Waals surface area contributed by atoms with Crippen LogP contribution >= 0.6 is 39.1 Å². The molecule has 1 atom stereocenters. The number of hydrogen-bond donors (Lipinski definition) is 0. The van der Waals surface area contributed by atoms with Crippen molar-refractivity contribution in [1.82, 2.24) is 0 Å². The summed E-state index contributed by atoms with van der Waals surface area (Å²) in [7, 11) is 0. The summed E-state index contributed by atoms with van der Waals surface area (Å²) in [6, 6.07) is 9.97. The van der Waals surface area contributed by atoms with Gasteiger partial charge in [-0.05, 0) is 84.4 Å². The lowest BCUT2D eigenvalue weighted by atomic mass is 9.79. The van der Waals surface area contributed by atoms with Crippen LogP contribution in [-0.4, -0.2) is 18.3 Å². The molecule has 144 valence electrons. The van der Waals surface area contributed by atoms with Gasteiger partial charge in [0.2, 0.25) is 0 Å². The number of aliphatic imine (C=N–C) groups is 1. The number of benzene rings is 2. The maximum atomic E-state index is 6.64. The smallest absolute Gasteiger partial charge is 0.0645 e. The summed E-state index contributed by atoms with van der Waals surface area (Å²) < 4.78 is 0.863. The van der Waals surface area contributed by atoms with Crippen molar-refractivity contribution in [3.05, 3.63) is 56.0 Å². The second kappa shape index (κ2) is 8.14. The van der Waals surface area contributed by atoms with Crippen molar-refractivity contribution >= 4 is 56.7 Å². The van der Waals surface area contributed by atoms with Crippen molar-refractivity contribution in [2.24, 2.45) is 4.99 Å². The molecule has 1 unspecified atom stereocenters. The van der Waals surface area contributed by atoms with Gasteiger partial charge in [-0.1, -0.05) is 37.0 Å². The molecule has 2 aromatic rings. The predicted octanol–water partition coefficient (Wildman–Crippen LogP) is 8.01. The van der Waals surface area contributed by atoms with Gasteiger partial charge in [0.25, 0.3) is 0 Å². The van der Waals surface area contributed by atoms with Crippen LogP contribution in [0, 0.1) is 0 Å². The first-order valence-corrected chi connectivity index (χ1v) is 10.9. The summed E-state index contributed by atoms with van der Waals surface area (Å²) in [6.45, 7) is 10.2. The fourth-order valence-corrected chi connectivity index (χ4v) is 4.60. The molecule has 5 heteroatoms. The molecule has 3 rings (SSSR count). The third-order valence-electron chi connectivity index (χ3n) is 5.21. The van der Waals surface area contributed by atoms with E-state index in [-0.39, 0.29) is 5.54 Å². The molecule has 0 saturated heterocycles. The van der Waals surface area contributed by atoms with E-state index in [9.17, 15) is 0 Å². The average Bonchev–Trinajstić information content (AvgIpc) is 2.59. The molecule has 0 saturated carbocycles. The fraction of sp³-hybridized carbons (Fsp3) is 0.409. The molecule has 1 aliphatic rings. The fourth-order valence-electron chi connectivity index (χ4n) is 3.98. The van der Waals surface area contributed by atoms with Crippen molar-refractivity contribution in [2.45, 2.75) is 52.0 Å². The Hall–Kier alpha value is -1.03. The predicted molar refractivity (Wildman–Crippen MR) is 123 cm³/mol. The van der Waals surface area contributed by atoms with Crippen molar-refractivity contribution in [3.8, 4) is 0 Å². The molecule has 0 bridgehead atoms. The molecule has 0 N–H and O–H groups in total. The van der Waals surface area contributed by atoms with E-state index in [0.717, 1.165) is 40.1 Å². The molecule has 1 heterocycles. The van der Waals surface area contributed by atoms with E-state index in [2.05, 4.69) is 65.6 Å². The first kappa shape index (κ1) is 20.7. The van der Waals surface area contributed by atoms with Gasteiger partial charge in [0.15, 0.2) is 0 Å². The van der Waals surface area contributed by atoms with Crippen LogP contribution in [-0.2, 0) is 0 Å². The first-order valence-electron chi connectivity index (χ1n) is 9.33. The summed E-state index contributed by atoms with van der Waals surface area (Å²) in [5, 5.41) is 1.37. The largest absolute Gasteiger partial charge is 0.366 e. The van der Waals surface area contributed by atoms with Gasteiger partial charge in [0, 0.05) is 34.0 Å². The van der Waals surface area contributed by atoms with E-state index in [4.69, 9.17) is 23.2 Å². The summed E-state index contributed by atoms with van der Waals surface area (Å²) in [4.78, 5) is 7.07. The van der Waals surface area contributed by atoms with Crippen LogP contribution in [0.1, 0.15) is 57.6 Å². The van der Waals surface area contributed by atoms with Crippen molar-refractivity contribution < 1.29 is 0 Å². The Morgan fingerprint density at radius 2 is 1.96 bits per heavy atom. The molecule has 0 radical (unpaired) electrons. The number of rotatable bonds is 4. The third kappa shape index (κ3) is 4.36. The number of fused-ring (bicyclic) bond motifs is 1. The molecule has 0 amide bonds. The van der Waals surface area contributed by atoms with Crippen molar-refractivity contribution in [3.63, 3.8) is 0 Å². The van der Waals surface area contributed by atoms with Gasteiger partial charge in [0.05, 0.1) is 15.7 Å². The topological polar surface area (TPSA) is 15.6 Å². The molecular weight excluding hydrogens is 443 g/mol. The maximum Gasteiger partial charge on any atom is 0.0645 e. The van der Waals surface area contributed by atoms with Crippen LogP contribution in [0.2, 0.25) is 10.0 Å². The van der Waals surface area contributed by atoms with Gasteiger partial charge in [-0.3, -0.25) is 4.99 Å². The minimum Gasteiger partial charge on any atom is -0.366 e. The molecule has 2 nitrogen and oxygen atoms in total. The molecule has 0 spiro atoms. The molecular formula is C22H25BrCl2N2. The molecule has 0 fully saturated rings. The zero-order valence-electron chi connectivity index (χ0n) is 16.2. The Labute approximate surface area is 180 Å². The van der Waals surface area contributed by atoms with Crippen molar-refractivity contribution in [1.29, 1.82) is 0 Å². The summed E-state index contributed by atoms with van der Waals surface area (Å²) >= 11 is 16.2. The van der Waals surface area contributed by atoms with E-state index in [0.29, 0.717) is 10.9 Å². The summed E-state index contributed by atoms with van der Waals surface area (Å²) in [6.07, 6.45) is 4.07. The van der Waals surface area contributed by atoms with Gasteiger partial charge in [0.1, 0.15) is 0 Å². The quantitative estimate of drug-likeness (QED) is 0.415. The molecule has 0 aromatic heterocycles. The molecule has 2 aromatic carbocycles. The van der Waals surface area contributed by atoms with Crippen LogP contribution < -0.4 is 4.90 Å². The zero-order valence-corrected chi connectivity index (χ0v) is 19.3. The van der Waals surface area contributed by atoms with Crippen molar-refractivity contribution in [2.75, 3.05) is 11.4 Å². The van der Waals surface area contributed by atoms with Gasteiger partial charge >= 0.3 is 0 Å². The van der Waals surface area contributed by atoms with E-state index >= 15 is 0 Å². The third-order valence-corrected chi connectivity index (χ3v) is 6.77. The highest BCUT2D eigenvalue weighted by Crippen LogP contribution is 2.45. The van der Waals surface area contributed by atoms with E-state index < -0.39 is 0 Å². The van der Waals surface area contributed by atoms with Crippen LogP contribution in [0.3, 0.4) is 0 Å². The van der Waals surface area contributed by atoms with Gasteiger partial charge in [-0.15, -0.1) is 0 Å². The SMILES string of the molecule is CCCN1c2cc(Cl)c(C=Nc3ccc(Br)c(Cl)c3)cc2C(C)CC1(C)C. The van der Waals surface area contributed by atoms with Crippen LogP contribution in [0.25, 0.3) is 0 Å². The average molecular weight is 468 g/mol. The lowest BCUT2D eigenvalue weighted by molar-refractivity contribution is 0.376.